The molecule has 4 heterocycles. The third kappa shape index (κ3) is 5.90. The normalized spacial score (nSPS) is 22.0. The van der Waals surface area contributed by atoms with Crippen molar-refractivity contribution in [2.24, 2.45) is 17.6 Å². The number of nitrogens with one attached hydrogen (secondary N) is 2. The van der Waals surface area contributed by atoms with Gasteiger partial charge in [-0.1, -0.05) is 12.1 Å². The number of rotatable bonds is 6. The molecule has 1 aromatic heterocycles. The number of likely N-dealkylation sites (tertiary alicyclic amines) is 1. The second-order valence-corrected chi connectivity index (χ2v) is 11.3. The molecule has 0 spiro atoms. The number of benzene rings is 1. The van der Waals surface area contributed by atoms with E-state index in [0.717, 1.165) is 43.6 Å². The molecule has 0 bridgehead atoms. The number of amides is 3. The first-order valence-electron chi connectivity index (χ1n) is 13.4. The van der Waals surface area contributed by atoms with Gasteiger partial charge in [-0.05, 0) is 69.0 Å². The molecule has 3 fully saturated rings. The summed E-state index contributed by atoms with van der Waals surface area (Å²) in [5, 5.41) is 6.18. The molecule has 204 valence electrons. The van der Waals surface area contributed by atoms with Gasteiger partial charge in [0.2, 0.25) is 5.91 Å². The number of aromatic nitrogens is 2. The largest absolute Gasteiger partial charge is 0.354 e. The van der Waals surface area contributed by atoms with E-state index in [0.29, 0.717) is 26.2 Å². The third-order valence-corrected chi connectivity index (χ3v) is 7.84. The Labute approximate surface area is 223 Å². The van der Waals surface area contributed by atoms with Crippen LogP contribution in [0.4, 0.5) is 10.6 Å². The average molecular weight is 523 g/mol. The zero-order valence-corrected chi connectivity index (χ0v) is 22.2. The van der Waals surface area contributed by atoms with Crippen molar-refractivity contribution in [3.8, 4) is 5.69 Å². The topological polar surface area (TPSA) is 129 Å². The van der Waals surface area contributed by atoms with Crippen LogP contribution in [-0.2, 0) is 11.2 Å². The zero-order valence-electron chi connectivity index (χ0n) is 22.2. The first kappa shape index (κ1) is 26.3. The van der Waals surface area contributed by atoms with E-state index in [1.54, 1.807) is 35.9 Å². The highest BCUT2D eigenvalue weighted by atomic mass is 16.2. The molecule has 4 N–H and O–H groups in total. The smallest absolute Gasteiger partial charge is 0.338 e. The molecule has 3 amide bonds. The van der Waals surface area contributed by atoms with Crippen molar-refractivity contribution < 1.29 is 9.59 Å². The minimum Gasteiger partial charge on any atom is -0.338 e. The summed E-state index contributed by atoms with van der Waals surface area (Å²) in [7, 11) is 0. The van der Waals surface area contributed by atoms with E-state index >= 15 is 0 Å². The van der Waals surface area contributed by atoms with Gasteiger partial charge in [0, 0.05) is 52.0 Å². The second kappa shape index (κ2) is 10.8. The molecule has 2 atom stereocenters. The minimum absolute atomic E-state index is 0.137. The summed E-state index contributed by atoms with van der Waals surface area (Å²) in [6.45, 7) is 10.6. The van der Waals surface area contributed by atoms with Crippen molar-refractivity contribution in [2.75, 3.05) is 64.2 Å². The van der Waals surface area contributed by atoms with Crippen LogP contribution in [0.25, 0.3) is 5.69 Å². The summed E-state index contributed by atoms with van der Waals surface area (Å²) in [4.78, 5) is 47.6. The van der Waals surface area contributed by atoms with Gasteiger partial charge in [0.15, 0.2) is 0 Å². The predicted octanol–water partition coefficient (Wildman–Crippen LogP) is 0.340. The van der Waals surface area contributed by atoms with E-state index in [1.807, 2.05) is 12.1 Å². The van der Waals surface area contributed by atoms with Gasteiger partial charge in [0.1, 0.15) is 5.82 Å². The highest BCUT2D eigenvalue weighted by Gasteiger charge is 2.35. The van der Waals surface area contributed by atoms with Gasteiger partial charge in [-0.15, -0.1) is 0 Å². The summed E-state index contributed by atoms with van der Waals surface area (Å²) >= 11 is 0. The minimum atomic E-state index is -0.941. The van der Waals surface area contributed by atoms with Gasteiger partial charge >= 0.3 is 11.7 Å². The molecular formula is C27H38N8O3. The van der Waals surface area contributed by atoms with Crippen molar-refractivity contribution in [3.63, 3.8) is 0 Å². The SMILES string of the molecule is CC(C)(N)C(=O)N1CCN(C(=O)Nc2ccn(-c3ccc(CCN4CC5CNCC5C4)cc3)c(=O)n2)CC1. The molecule has 5 rings (SSSR count). The fourth-order valence-electron chi connectivity index (χ4n) is 5.62. The molecule has 38 heavy (non-hydrogen) atoms. The van der Waals surface area contributed by atoms with E-state index in [1.165, 1.54) is 23.2 Å². The van der Waals surface area contributed by atoms with Gasteiger partial charge in [0.05, 0.1) is 11.2 Å². The lowest BCUT2D eigenvalue weighted by atomic mass is 10.0. The number of nitrogens with zero attached hydrogens (tertiary/aromatic N) is 5. The lowest BCUT2D eigenvalue weighted by Crippen LogP contribution is -2.58. The Balaban J connectivity index is 1.12. The number of piperazine rings is 1. The molecular weight excluding hydrogens is 484 g/mol. The van der Waals surface area contributed by atoms with E-state index in [2.05, 4.69) is 32.7 Å². The van der Waals surface area contributed by atoms with Crippen molar-refractivity contribution >= 4 is 17.8 Å². The molecule has 3 aliphatic rings. The molecule has 1 aromatic carbocycles. The second-order valence-electron chi connectivity index (χ2n) is 11.3. The van der Waals surface area contributed by atoms with Crippen LogP contribution in [-0.4, -0.2) is 101 Å². The number of fused-ring (bicyclic) bond motifs is 1. The van der Waals surface area contributed by atoms with E-state index in [-0.39, 0.29) is 17.8 Å². The van der Waals surface area contributed by atoms with E-state index in [4.69, 9.17) is 5.73 Å². The first-order chi connectivity index (χ1) is 18.2. The number of nitrogens with two attached hydrogens (primary N) is 1. The van der Waals surface area contributed by atoms with E-state index in [9.17, 15) is 14.4 Å². The van der Waals surface area contributed by atoms with Crippen LogP contribution >= 0.6 is 0 Å². The Hall–Kier alpha value is -3.28. The third-order valence-electron chi connectivity index (χ3n) is 7.84. The highest BCUT2D eigenvalue weighted by Crippen LogP contribution is 2.26. The maximum absolute atomic E-state index is 12.7. The molecule has 11 nitrogen and oxygen atoms in total. The Morgan fingerprint density at radius 3 is 2.26 bits per heavy atom. The Morgan fingerprint density at radius 2 is 1.66 bits per heavy atom. The molecule has 11 heteroatoms. The number of hydrogen-bond acceptors (Lipinski definition) is 7. The van der Waals surface area contributed by atoms with Crippen LogP contribution < -0.4 is 22.1 Å². The zero-order chi connectivity index (χ0) is 26.9. The lowest BCUT2D eigenvalue weighted by molar-refractivity contribution is -0.137. The quantitative estimate of drug-likeness (QED) is 0.499. The van der Waals surface area contributed by atoms with Crippen LogP contribution in [0.15, 0.2) is 41.3 Å². The van der Waals surface area contributed by atoms with Crippen LogP contribution in [0, 0.1) is 11.8 Å². The molecule has 3 saturated heterocycles. The Kier molecular flexibility index (Phi) is 7.51. The van der Waals surface area contributed by atoms with Crippen molar-refractivity contribution in [2.45, 2.75) is 25.8 Å². The van der Waals surface area contributed by atoms with Crippen molar-refractivity contribution in [1.29, 1.82) is 0 Å². The van der Waals surface area contributed by atoms with Crippen molar-refractivity contribution in [1.82, 2.24) is 29.6 Å². The maximum Gasteiger partial charge on any atom is 0.354 e. The standard InChI is InChI=1S/C27H38N8O3/c1-27(2,28)24(36)33-11-13-34(14-12-33)25(37)30-23-8-10-35(26(38)31-23)22-5-3-19(4-6-22)7-9-32-17-20-15-29-16-21(20)18-32/h3-6,8,10,20-21,29H,7,9,11-18,28H2,1-2H3,(H,30,31,37,38). The molecule has 2 aromatic rings. The first-order valence-corrected chi connectivity index (χ1v) is 13.4. The Bertz CT molecular complexity index is 1200. The molecule has 0 saturated carbocycles. The summed E-state index contributed by atoms with van der Waals surface area (Å²) < 4.78 is 1.47. The van der Waals surface area contributed by atoms with Gasteiger partial charge in [-0.25, -0.2) is 9.59 Å². The fraction of sp³-hybridized carbons (Fsp3) is 0.556. The van der Waals surface area contributed by atoms with E-state index < -0.39 is 11.2 Å². The summed E-state index contributed by atoms with van der Waals surface area (Å²) in [5.41, 5.74) is 6.47. The van der Waals surface area contributed by atoms with Crippen LogP contribution in [0.2, 0.25) is 0 Å². The van der Waals surface area contributed by atoms with Crippen molar-refractivity contribution in [3.05, 3.63) is 52.6 Å². The number of urea groups is 1. The molecule has 0 radical (unpaired) electrons. The average Bonchev–Trinajstić information content (AvgIpc) is 3.49. The lowest BCUT2D eigenvalue weighted by Gasteiger charge is -2.37. The van der Waals surface area contributed by atoms with Crippen LogP contribution in [0.3, 0.4) is 0 Å². The van der Waals surface area contributed by atoms with Gasteiger partial charge < -0.3 is 25.8 Å². The number of hydrogen-bond donors (Lipinski definition) is 3. The summed E-state index contributed by atoms with van der Waals surface area (Å²) in [5.74, 6) is 1.66. The molecule has 2 unspecified atom stereocenters. The highest BCUT2D eigenvalue weighted by molar-refractivity contribution is 5.89. The summed E-state index contributed by atoms with van der Waals surface area (Å²) in [6, 6.07) is 9.25. The van der Waals surface area contributed by atoms with Crippen LogP contribution in [0.1, 0.15) is 19.4 Å². The predicted molar refractivity (Wildman–Crippen MR) is 145 cm³/mol. The van der Waals surface area contributed by atoms with Gasteiger partial charge in [-0.2, -0.15) is 4.98 Å². The Morgan fingerprint density at radius 1 is 1.03 bits per heavy atom. The number of carbonyl (C=O) groups is 2. The molecule has 3 aliphatic heterocycles. The number of carbonyl (C=O) groups excluding carboxylic acids is 2. The number of anilines is 1. The van der Waals surface area contributed by atoms with Gasteiger partial charge in [0.25, 0.3) is 0 Å². The monoisotopic (exact) mass is 522 g/mol. The fourth-order valence-corrected chi connectivity index (χ4v) is 5.62. The van der Waals surface area contributed by atoms with Crippen LogP contribution in [0.5, 0.6) is 0 Å². The maximum atomic E-state index is 12.7. The molecule has 0 aliphatic carbocycles. The summed E-state index contributed by atoms with van der Waals surface area (Å²) in [6.07, 6.45) is 2.61. The van der Waals surface area contributed by atoms with Gasteiger partial charge in [-0.3, -0.25) is 14.7 Å².